The maximum absolute atomic E-state index is 13.8. The van der Waals surface area contributed by atoms with E-state index in [2.05, 4.69) is 15.6 Å². The monoisotopic (exact) mass is 754 g/mol. The molecule has 1 aromatic heterocycles. The summed E-state index contributed by atoms with van der Waals surface area (Å²) in [4.78, 5) is 48.7. The van der Waals surface area contributed by atoms with Crippen molar-refractivity contribution < 1.29 is 54.6 Å². The Morgan fingerprint density at radius 1 is 0.824 bits per heavy atom. The van der Waals surface area contributed by atoms with E-state index in [0.717, 1.165) is 47.3 Å². The van der Waals surface area contributed by atoms with Crippen LogP contribution in [0, 0.1) is 11.6 Å². The zero-order chi connectivity index (χ0) is 37.8. The fourth-order valence-electron chi connectivity index (χ4n) is 5.60. The molecule has 1 aliphatic rings. The van der Waals surface area contributed by atoms with Gasteiger partial charge in [0, 0.05) is 37.7 Å². The van der Waals surface area contributed by atoms with Gasteiger partial charge in [-0.15, -0.1) is 0 Å². The second kappa shape index (κ2) is 19.1. The summed E-state index contributed by atoms with van der Waals surface area (Å²) in [5, 5.41) is 16.6. The summed E-state index contributed by atoms with van der Waals surface area (Å²) in [5.41, 5.74) is 1.55. The van der Waals surface area contributed by atoms with Gasteiger partial charge in [-0.2, -0.15) is 26.3 Å². The summed E-state index contributed by atoms with van der Waals surface area (Å²) in [6.07, 6.45) is -3.56. The van der Waals surface area contributed by atoms with Gasteiger partial charge in [-0.25, -0.2) is 8.78 Å². The lowest BCUT2D eigenvalue weighted by Gasteiger charge is -2.32. The van der Waals surface area contributed by atoms with Crippen LogP contribution in [0.1, 0.15) is 56.1 Å². The molecule has 0 radical (unpaired) electrons. The molecule has 0 aliphatic heterocycles. The van der Waals surface area contributed by atoms with Crippen LogP contribution in [0.25, 0.3) is 10.2 Å². The number of hydrogen-bond acceptors (Lipinski definition) is 8. The van der Waals surface area contributed by atoms with Gasteiger partial charge < -0.3 is 25.6 Å². The molecule has 3 aromatic rings. The number of benzene rings is 2. The molecule has 1 aliphatic carbocycles. The molecule has 1 heterocycles. The minimum absolute atomic E-state index is 0.0706. The van der Waals surface area contributed by atoms with Gasteiger partial charge in [-0.3, -0.25) is 19.2 Å². The zero-order valence-electron chi connectivity index (χ0n) is 27.3. The number of nitrogens with zero attached hydrogens (tertiary/aromatic N) is 1. The minimum Gasteiger partial charge on any atom is -0.506 e. The number of ketones is 2. The van der Waals surface area contributed by atoms with Gasteiger partial charge in [0.1, 0.15) is 22.9 Å². The average molecular weight is 755 g/mol. The van der Waals surface area contributed by atoms with Crippen molar-refractivity contribution in [3.8, 4) is 5.75 Å². The van der Waals surface area contributed by atoms with Gasteiger partial charge in [0.15, 0.2) is 0 Å². The first-order chi connectivity index (χ1) is 24.0. The number of rotatable bonds is 14. The minimum atomic E-state index is -5.77. The lowest BCUT2D eigenvalue weighted by molar-refractivity contribution is -0.193. The Morgan fingerprint density at radius 2 is 1.39 bits per heavy atom. The van der Waals surface area contributed by atoms with Gasteiger partial charge in [-0.05, 0) is 62.5 Å². The lowest BCUT2D eigenvalue weighted by atomic mass is 10.1. The van der Waals surface area contributed by atoms with E-state index in [4.69, 9.17) is 0 Å². The van der Waals surface area contributed by atoms with Crippen molar-refractivity contribution in [2.45, 2.75) is 76.2 Å². The number of aromatic amines is 1. The first-order valence-corrected chi connectivity index (χ1v) is 17.0. The topological polar surface area (TPSA) is 132 Å². The normalized spacial score (nSPS) is 14.1. The zero-order valence-corrected chi connectivity index (χ0v) is 28.1. The highest BCUT2D eigenvalue weighted by atomic mass is 32.1. The summed E-state index contributed by atoms with van der Waals surface area (Å²) in [6, 6.07) is 7.56. The van der Waals surface area contributed by atoms with Gasteiger partial charge in [0.25, 0.3) is 0 Å². The number of amides is 1. The van der Waals surface area contributed by atoms with Crippen LogP contribution in [0.15, 0.2) is 35.1 Å². The molecule has 0 atom stereocenters. The van der Waals surface area contributed by atoms with Crippen LogP contribution in [0.2, 0.25) is 0 Å². The molecule has 9 nitrogen and oxygen atoms in total. The molecule has 2 aromatic carbocycles. The largest absolute Gasteiger partial charge is 0.506 e. The quantitative estimate of drug-likeness (QED) is 0.0716. The Labute approximate surface area is 291 Å². The van der Waals surface area contributed by atoms with Crippen molar-refractivity contribution in [2.24, 2.45) is 0 Å². The van der Waals surface area contributed by atoms with Gasteiger partial charge >= 0.3 is 28.8 Å². The maximum atomic E-state index is 13.8. The number of H-pyrrole nitrogens is 1. The van der Waals surface area contributed by atoms with Crippen LogP contribution < -0.4 is 15.5 Å². The van der Waals surface area contributed by atoms with Crippen molar-refractivity contribution in [3.63, 3.8) is 0 Å². The molecule has 0 spiro atoms. The van der Waals surface area contributed by atoms with Crippen LogP contribution in [0.5, 0.6) is 5.75 Å². The van der Waals surface area contributed by atoms with Crippen LogP contribution in [-0.2, 0) is 27.2 Å². The van der Waals surface area contributed by atoms with Gasteiger partial charge in [0.05, 0.1) is 4.70 Å². The smallest absolute Gasteiger partial charge is 0.458 e. The van der Waals surface area contributed by atoms with Crippen molar-refractivity contribution >= 4 is 39.0 Å². The van der Waals surface area contributed by atoms with Crippen molar-refractivity contribution in [3.05, 3.63) is 62.8 Å². The summed E-state index contributed by atoms with van der Waals surface area (Å²) in [6.45, 7) is 2.82. The number of aromatic nitrogens is 1. The Morgan fingerprint density at radius 3 is 1.98 bits per heavy atom. The van der Waals surface area contributed by atoms with E-state index in [-0.39, 0.29) is 34.6 Å². The molecule has 1 saturated carbocycles. The van der Waals surface area contributed by atoms with E-state index in [1.807, 2.05) is 11.0 Å². The van der Waals surface area contributed by atoms with E-state index in [9.17, 15) is 59.4 Å². The fourth-order valence-corrected chi connectivity index (χ4v) is 6.50. The molecular weight excluding hydrogens is 716 g/mol. The summed E-state index contributed by atoms with van der Waals surface area (Å²) < 4.78 is 95.4. The standard InChI is InChI=1S/C29H38F2N4O3S.C4F6O2/c30-23-8-5-9-24(31)22(23)13-16-32-17-14-26(37)35(21-6-3-1-2-4-7-21)19-18-33-15-12-20-10-11-25(36)27-28(20)39-29(38)34-27;5-3(6,7)1(11)2(12)4(8,9)10/h5,8-11,21,32-33,36H,1-4,6-7,12-19H2,(H,34,38);. The molecule has 282 valence electrons. The highest BCUT2D eigenvalue weighted by Gasteiger charge is 2.54. The highest BCUT2D eigenvalue weighted by molar-refractivity contribution is 7.16. The predicted molar refractivity (Wildman–Crippen MR) is 174 cm³/mol. The molecule has 1 amide bonds. The summed E-state index contributed by atoms with van der Waals surface area (Å²) in [5.74, 6) is -7.72. The fraction of sp³-hybridized carbons (Fsp3) is 0.515. The van der Waals surface area contributed by atoms with E-state index >= 15 is 0 Å². The van der Waals surface area contributed by atoms with E-state index < -0.39 is 35.6 Å². The number of phenols is 1. The van der Waals surface area contributed by atoms with Crippen molar-refractivity contribution in [2.75, 3.05) is 32.7 Å². The SMILES string of the molecule is O=C(C(=O)C(F)(F)F)C(F)(F)F.O=C(CCNCCc1c(F)cccc1F)N(CCNCCc1ccc(O)c2[nH]c(=O)sc12)C1CCCCCC1. The van der Waals surface area contributed by atoms with Gasteiger partial charge in [0.2, 0.25) is 5.91 Å². The summed E-state index contributed by atoms with van der Waals surface area (Å²) in [7, 11) is 0. The number of Topliss-reactive ketones (excluding diaryl/α,β-unsaturated/α-hetero) is 2. The van der Waals surface area contributed by atoms with Crippen LogP contribution in [-0.4, -0.2) is 83.6 Å². The molecule has 4 rings (SSSR count). The lowest BCUT2D eigenvalue weighted by Crippen LogP contribution is -2.45. The number of phenolic OH excluding ortho intramolecular Hbond substituents is 1. The van der Waals surface area contributed by atoms with Crippen molar-refractivity contribution in [1.82, 2.24) is 20.5 Å². The van der Waals surface area contributed by atoms with Gasteiger partial charge in [-0.1, -0.05) is 49.2 Å². The molecule has 18 heteroatoms. The molecule has 0 bridgehead atoms. The predicted octanol–water partition coefficient (Wildman–Crippen LogP) is 5.73. The number of thiazole rings is 1. The number of carbonyl (C=O) groups is 3. The maximum Gasteiger partial charge on any atom is 0.458 e. The average Bonchev–Trinajstić information content (AvgIpc) is 3.27. The number of fused-ring (bicyclic) bond motifs is 1. The number of halogens is 8. The molecule has 1 fully saturated rings. The first kappa shape index (κ1) is 41.5. The van der Waals surface area contributed by atoms with E-state index in [1.54, 1.807) is 6.07 Å². The molecule has 0 unspecified atom stereocenters. The first-order valence-electron chi connectivity index (χ1n) is 16.2. The third-order valence-corrected chi connectivity index (χ3v) is 9.13. The summed E-state index contributed by atoms with van der Waals surface area (Å²) >= 11 is 1.10. The Balaban J connectivity index is 0.000000501. The van der Waals surface area contributed by atoms with E-state index in [0.29, 0.717) is 51.1 Å². The van der Waals surface area contributed by atoms with Crippen molar-refractivity contribution in [1.29, 1.82) is 0 Å². The molecule has 51 heavy (non-hydrogen) atoms. The van der Waals surface area contributed by atoms with Crippen LogP contribution in [0.4, 0.5) is 35.1 Å². The number of carbonyl (C=O) groups excluding carboxylic acids is 3. The van der Waals surface area contributed by atoms with E-state index in [1.165, 1.54) is 31.0 Å². The molecule has 0 saturated heterocycles. The number of aromatic hydroxyl groups is 1. The highest BCUT2D eigenvalue weighted by Crippen LogP contribution is 2.28. The van der Waals surface area contributed by atoms with Crippen LogP contribution >= 0.6 is 11.3 Å². The number of alkyl halides is 6. The third kappa shape index (κ3) is 12.7. The van der Waals surface area contributed by atoms with Crippen LogP contribution in [0.3, 0.4) is 0 Å². The molecular formula is C33H38F8N4O5S. The number of nitrogens with one attached hydrogen (secondary N) is 3. The second-order valence-electron chi connectivity index (χ2n) is 11.8. The Kier molecular flexibility index (Phi) is 15.5. The molecule has 4 N–H and O–H groups in total. The Hall–Kier alpha value is -3.90. The second-order valence-corrected chi connectivity index (χ2v) is 12.8. The third-order valence-electron chi connectivity index (χ3n) is 8.18. The number of hydrogen-bond donors (Lipinski definition) is 4. The Bertz CT molecular complexity index is 1640.